The summed E-state index contributed by atoms with van der Waals surface area (Å²) in [7, 11) is 0. The molecule has 0 aliphatic carbocycles. The van der Waals surface area contributed by atoms with Crippen molar-refractivity contribution in [3.8, 4) is 0 Å². The number of hydrogen-bond donors (Lipinski definition) is 2. The molecule has 1 atom stereocenters. The quantitative estimate of drug-likeness (QED) is 0.599. The Morgan fingerprint density at radius 2 is 2.37 bits per heavy atom. The molecule has 6 heteroatoms. The van der Waals surface area contributed by atoms with Crippen molar-refractivity contribution in [2.45, 2.75) is 25.4 Å². The van der Waals surface area contributed by atoms with Gasteiger partial charge in [-0.25, -0.2) is 10.8 Å². The zero-order chi connectivity index (χ0) is 13.2. The van der Waals surface area contributed by atoms with E-state index in [2.05, 4.69) is 15.3 Å². The predicted octanol–water partition coefficient (Wildman–Crippen LogP) is 0.174. The maximum atomic E-state index is 11.6. The third-order valence-corrected chi connectivity index (χ3v) is 3.96. The first-order chi connectivity index (χ1) is 9.26. The lowest BCUT2D eigenvalue weighted by Gasteiger charge is -2.37. The molecular formula is C13H19N5O. The largest absolute Gasteiger partial charge is 0.337 e. The molecule has 2 aliphatic heterocycles. The highest BCUT2D eigenvalue weighted by Crippen LogP contribution is 2.23. The van der Waals surface area contributed by atoms with Crippen LogP contribution >= 0.6 is 0 Å². The van der Waals surface area contributed by atoms with Gasteiger partial charge in [0.2, 0.25) is 5.91 Å². The minimum atomic E-state index is 0.322. The van der Waals surface area contributed by atoms with Gasteiger partial charge in [0.05, 0.1) is 0 Å². The number of hydrazine groups is 1. The summed E-state index contributed by atoms with van der Waals surface area (Å²) in [6.45, 7) is 3.65. The molecular weight excluding hydrogens is 242 g/mol. The maximum absolute atomic E-state index is 11.6. The molecule has 2 aliphatic rings. The number of aromatic nitrogens is 1. The highest BCUT2D eigenvalue weighted by Gasteiger charge is 2.35. The number of carbonyl (C=O) groups excluding carboxylic acids is 1. The number of amides is 1. The van der Waals surface area contributed by atoms with E-state index in [9.17, 15) is 4.79 Å². The van der Waals surface area contributed by atoms with Gasteiger partial charge in [-0.2, -0.15) is 0 Å². The molecule has 3 N–H and O–H groups in total. The zero-order valence-electron chi connectivity index (χ0n) is 10.9. The van der Waals surface area contributed by atoms with Crippen molar-refractivity contribution in [1.82, 2.24) is 14.8 Å². The predicted molar refractivity (Wildman–Crippen MR) is 72.1 cm³/mol. The first-order valence-corrected chi connectivity index (χ1v) is 6.69. The lowest BCUT2D eigenvalue weighted by Crippen LogP contribution is -2.50. The van der Waals surface area contributed by atoms with Gasteiger partial charge < -0.3 is 10.3 Å². The third-order valence-electron chi connectivity index (χ3n) is 3.96. The molecule has 0 bridgehead atoms. The van der Waals surface area contributed by atoms with E-state index >= 15 is 0 Å². The van der Waals surface area contributed by atoms with Gasteiger partial charge in [0, 0.05) is 44.8 Å². The van der Waals surface area contributed by atoms with Crippen LogP contribution < -0.4 is 11.3 Å². The topological polar surface area (TPSA) is 74.5 Å². The summed E-state index contributed by atoms with van der Waals surface area (Å²) in [5.41, 5.74) is 3.76. The molecule has 2 saturated heterocycles. The standard InChI is InChI=1S/C13H19N5O/c14-16-12-7-10(3-4-15-12)8-17-5-6-18-11(9-17)1-2-13(18)19/h3-4,7,11H,1-2,5-6,8-9,14H2,(H,15,16). The molecule has 1 aromatic heterocycles. The number of pyridine rings is 1. The molecule has 3 rings (SSSR count). The van der Waals surface area contributed by atoms with Crippen molar-refractivity contribution in [1.29, 1.82) is 0 Å². The number of hydrogen-bond acceptors (Lipinski definition) is 5. The Bertz CT molecular complexity index is 478. The normalized spacial score (nSPS) is 23.5. The minimum Gasteiger partial charge on any atom is -0.337 e. The van der Waals surface area contributed by atoms with Crippen molar-refractivity contribution in [3.05, 3.63) is 23.9 Å². The van der Waals surface area contributed by atoms with Crippen LogP contribution in [0, 0.1) is 0 Å². The summed E-state index contributed by atoms with van der Waals surface area (Å²) in [5.74, 6) is 6.38. The number of nitrogens with one attached hydrogen (secondary N) is 1. The Labute approximate surface area is 112 Å². The second-order valence-corrected chi connectivity index (χ2v) is 5.21. The fourth-order valence-electron chi connectivity index (χ4n) is 2.98. The number of piperazine rings is 1. The molecule has 102 valence electrons. The molecule has 0 aromatic carbocycles. The number of nitrogen functional groups attached to an aromatic ring is 1. The summed E-state index contributed by atoms with van der Waals surface area (Å²) < 4.78 is 0. The van der Waals surface area contributed by atoms with Gasteiger partial charge in [0.15, 0.2) is 0 Å². The van der Waals surface area contributed by atoms with E-state index in [4.69, 9.17) is 5.84 Å². The smallest absolute Gasteiger partial charge is 0.222 e. The number of anilines is 1. The summed E-state index contributed by atoms with van der Waals surface area (Å²) >= 11 is 0. The summed E-state index contributed by atoms with van der Waals surface area (Å²) in [5, 5.41) is 0. The number of rotatable bonds is 3. The number of carbonyl (C=O) groups is 1. The number of fused-ring (bicyclic) bond motifs is 1. The second-order valence-electron chi connectivity index (χ2n) is 5.21. The third kappa shape index (κ3) is 2.54. The lowest BCUT2D eigenvalue weighted by molar-refractivity contribution is -0.130. The zero-order valence-corrected chi connectivity index (χ0v) is 10.9. The molecule has 3 heterocycles. The van der Waals surface area contributed by atoms with Crippen LogP contribution in [0.4, 0.5) is 5.82 Å². The van der Waals surface area contributed by atoms with Crippen molar-refractivity contribution >= 4 is 11.7 Å². The Morgan fingerprint density at radius 1 is 1.47 bits per heavy atom. The van der Waals surface area contributed by atoms with E-state index in [0.717, 1.165) is 39.0 Å². The fourth-order valence-corrected chi connectivity index (χ4v) is 2.98. The summed E-state index contributed by atoms with van der Waals surface area (Å²) in [4.78, 5) is 20.2. The summed E-state index contributed by atoms with van der Waals surface area (Å²) in [6, 6.07) is 4.38. The SMILES string of the molecule is NNc1cc(CN2CCN3C(=O)CCC3C2)ccn1. The molecule has 1 aromatic rings. The molecule has 0 spiro atoms. The first-order valence-electron chi connectivity index (χ1n) is 6.69. The Balaban J connectivity index is 1.63. The van der Waals surface area contributed by atoms with E-state index < -0.39 is 0 Å². The first kappa shape index (κ1) is 12.4. The Morgan fingerprint density at radius 3 is 3.21 bits per heavy atom. The summed E-state index contributed by atoms with van der Waals surface area (Å²) in [6.07, 6.45) is 3.48. The molecule has 0 saturated carbocycles. The second kappa shape index (κ2) is 5.14. The van der Waals surface area contributed by atoms with Crippen LogP contribution in [0.15, 0.2) is 18.3 Å². The van der Waals surface area contributed by atoms with Crippen molar-refractivity contribution < 1.29 is 4.79 Å². The van der Waals surface area contributed by atoms with Crippen molar-refractivity contribution in [2.75, 3.05) is 25.1 Å². The maximum Gasteiger partial charge on any atom is 0.222 e. The van der Waals surface area contributed by atoms with Gasteiger partial charge in [0.1, 0.15) is 5.82 Å². The molecule has 2 fully saturated rings. The van der Waals surface area contributed by atoms with Crippen LogP contribution in [0.2, 0.25) is 0 Å². The molecule has 6 nitrogen and oxygen atoms in total. The highest BCUT2D eigenvalue weighted by atomic mass is 16.2. The van der Waals surface area contributed by atoms with E-state index in [1.54, 1.807) is 6.20 Å². The Hall–Kier alpha value is -1.66. The van der Waals surface area contributed by atoms with Gasteiger partial charge in [0.25, 0.3) is 0 Å². The van der Waals surface area contributed by atoms with Crippen LogP contribution in [0.1, 0.15) is 18.4 Å². The number of nitrogens with zero attached hydrogens (tertiary/aromatic N) is 3. The van der Waals surface area contributed by atoms with Gasteiger partial charge in [-0.05, 0) is 24.1 Å². The minimum absolute atomic E-state index is 0.322. The highest BCUT2D eigenvalue weighted by molar-refractivity contribution is 5.78. The fraction of sp³-hybridized carbons (Fsp3) is 0.538. The van der Waals surface area contributed by atoms with Crippen molar-refractivity contribution in [3.63, 3.8) is 0 Å². The lowest BCUT2D eigenvalue weighted by atomic mass is 10.1. The van der Waals surface area contributed by atoms with Crippen LogP contribution in [0.25, 0.3) is 0 Å². The van der Waals surface area contributed by atoms with Crippen LogP contribution in [0.5, 0.6) is 0 Å². The van der Waals surface area contributed by atoms with Gasteiger partial charge in [-0.3, -0.25) is 9.69 Å². The average Bonchev–Trinajstić information content (AvgIpc) is 2.80. The van der Waals surface area contributed by atoms with E-state index in [0.29, 0.717) is 17.8 Å². The monoisotopic (exact) mass is 261 g/mol. The van der Waals surface area contributed by atoms with E-state index in [-0.39, 0.29) is 0 Å². The van der Waals surface area contributed by atoms with Crippen LogP contribution in [0.3, 0.4) is 0 Å². The van der Waals surface area contributed by atoms with Crippen molar-refractivity contribution in [2.24, 2.45) is 5.84 Å². The van der Waals surface area contributed by atoms with Crippen LogP contribution in [-0.4, -0.2) is 46.4 Å². The van der Waals surface area contributed by atoms with Gasteiger partial charge >= 0.3 is 0 Å². The molecule has 1 amide bonds. The van der Waals surface area contributed by atoms with E-state index in [1.165, 1.54) is 5.56 Å². The molecule has 19 heavy (non-hydrogen) atoms. The molecule has 1 unspecified atom stereocenters. The van der Waals surface area contributed by atoms with E-state index in [1.807, 2.05) is 17.0 Å². The molecule has 0 radical (unpaired) electrons. The van der Waals surface area contributed by atoms with Crippen LogP contribution in [-0.2, 0) is 11.3 Å². The van der Waals surface area contributed by atoms with Gasteiger partial charge in [-0.1, -0.05) is 0 Å². The number of nitrogens with two attached hydrogens (primary N) is 1. The van der Waals surface area contributed by atoms with Gasteiger partial charge in [-0.15, -0.1) is 0 Å². The Kier molecular flexibility index (Phi) is 3.35. The average molecular weight is 261 g/mol.